The predicted molar refractivity (Wildman–Crippen MR) is 320 cm³/mol. The topological polar surface area (TPSA) is 108 Å². The van der Waals surface area contributed by atoms with E-state index < -0.39 is 56.3 Å². The lowest BCUT2D eigenvalue weighted by atomic mass is 9.33. The summed E-state index contributed by atoms with van der Waals surface area (Å²) in [6, 6.07) is 13.7. The van der Waals surface area contributed by atoms with Crippen LogP contribution in [0, 0.1) is 85.8 Å². The van der Waals surface area contributed by atoms with Crippen LogP contribution in [0.2, 0.25) is 18.1 Å². The van der Waals surface area contributed by atoms with Crippen molar-refractivity contribution in [2.75, 3.05) is 7.11 Å². The van der Waals surface area contributed by atoms with E-state index in [4.69, 9.17) is 37.6 Å². The van der Waals surface area contributed by atoms with Crippen molar-refractivity contribution in [1.82, 2.24) is 0 Å². The van der Waals surface area contributed by atoms with Gasteiger partial charge < -0.3 is 42.4 Å². The van der Waals surface area contributed by atoms with Gasteiger partial charge in [0.1, 0.15) is 18.2 Å². The molecule has 10 nitrogen and oxygen atoms in total. The third kappa shape index (κ3) is 10.3. The van der Waals surface area contributed by atoms with Crippen molar-refractivity contribution in [3.63, 3.8) is 0 Å². The average Bonchev–Trinajstić information content (AvgIpc) is 3.21. The molecule has 11 unspecified atom stereocenters. The van der Waals surface area contributed by atoms with Crippen LogP contribution in [-0.2, 0) is 53.6 Å². The second-order valence-corrected chi connectivity index (χ2v) is 34.7. The number of allylic oxidation sites excluding steroid dienone is 2. The molecule has 4 saturated carbocycles. The fourth-order valence-corrected chi connectivity index (χ4v) is 22.3. The molecule has 25 atom stereocenters. The molecule has 5 aliphatic carbocycles. The first-order chi connectivity index (χ1) is 37.7. The molecule has 7 fully saturated rings. The minimum Gasteiger partial charge on any atom is -0.408 e. The van der Waals surface area contributed by atoms with Crippen LogP contribution in [0.4, 0.5) is 0 Å². The van der Waals surface area contributed by atoms with Gasteiger partial charge in [0.2, 0.25) is 0 Å². The summed E-state index contributed by atoms with van der Waals surface area (Å²) < 4.78 is 58.9. The van der Waals surface area contributed by atoms with Gasteiger partial charge in [0.15, 0.2) is 27.2 Å². The molecule has 3 aliphatic heterocycles. The van der Waals surface area contributed by atoms with Crippen molar-refractivity contribution in [3.05, 3.63) is 47.5 Å². The highest BCUT2D eigenvalue weighted by atomic mass is 28.4. The van der Waals surface area contributed by atoms with Gasteiger partial charge in [-0.05, 0) is 171 Å². The van der Waals surface area contributed by atoms with E-state index in [9.17, 15) is 9.59 Å². The molecule has 0 bridgehead atoms. The molecule has 80 heavy (non-hydrogen) atoms. The largest absolute Gasteiger partial charge is 0.408 e. The Bertz CT molecular complexity index is 2330. The number of benzene rings is 1. The van der Waals surface area contributed by atoms with Crippen molar-refractivity contribution in [1.29, 1.82) is 0 Å². The van der Waals surface area contributed by atoms with Crippen LogP contribution in [-0.4, -0.2) is 95.2 Å². The number of fused-ring (bicyclic) bond motifs is 7. The molecule has 0 N–H and O–H groups in total. The molecule has 0 spiro atoms. The number of carbonyl (C=O) groups excluding carboxylic acids is 2. The molecule has 0 radical (unpaired) electrons. The molecule has 3 saturated heterocycles. The van der Waals surface area contributed by atoms with Gasteiger partial charge in [0, 0.05) is 18.9 Å². The monoisotopic (exact) mass is 1130 g/mol. The summed E-state index contributed by atoms with van der Waals surface area (Å²) in [5.74, 6) is 2.01. The maximum atomic E-state index is 14.6. The molecule has 0 amide bonds. The summed E-state index contributed by atoms with van der Waals surface area (Å²) in [5.41, 5.74) is 1.12. The Morgan fingerprint density at radius 2 is 1.31 bits per heavy atom. The summed E-state index contributed by atoms with van der Waals surface area (Å²) in [7, 11) is -0.309. The SMILES string of the molecule is CCC1O[C@@H](OC2[C@H](O[C@H]3CCC4(C)C5CC=C6C7CC(C)(C)CC[C@]7(C(C)=O)[C@H](OC)CC6(C)[C@]5(C)CC[C@H]4C3(C)C=O)OC(Cc3ccccc3)[C@@H](C)[C@@H]2O[C@@H]2O[C@@H](C)[C@H](C)C(C)C2C)C(O[Si](CC)(CC)CC)[C@@H](C)[C@H]1C. The summed E-state index contributed by atoms with van der Waals surface area (Å²) in [4.78, 5) is 28.7. The molecule has 3 heterocycles. The normalized spacial score (nSPS) is 48.4. The molecule has 452 valence electrons. The van der Waals surface area contributed by atoms with Crippen molar-refractivity contribution in [3.8, 4) is 0 Å². The number of methoxy groups -OCH3 is 1. The van der Waals surface area contributed by atoms with E-state index in [2.05, 4.69) is 154 Å². The fraction of sp³-hybridized carbons (Fsp3) is 0.855. The van der Waals surface area contributed by atoms with Gasteiger partial charge >= 0.3 is 0 Å². The summed E-state index contributed by atoms with van der Waals surface area (Å²) in [6.07, 6.45) is 9.15. The van der Waals surface area contributed by atoms with Crippen LogP contribution in [0.5, 0.6) is 0 Å². The lowest BCUT2D eigenvalue weighted by molar-refractivity contribution is -0.382. The number of hydrogen-bond acceptors (Lipinski definition) is 10. The molecule has 8 aliphatic rings. The molecule has 1 aromatic carbocycles. The van der Waals surface area contributed by atoms with E-state index in [-0.39, 0.29) is 87.7 Å². The Morgan fingerprint density at radius 1 is 0.662 bits per heavy atom. The van der Waals surface area contributed by atoms with Gasteiger partial charge in [-0.2, -0.15) is 0 Å². The van der Waals surface area contributed by atoms with Gasteiger partial charge in [-0.1, -0.05) is 153 Å². The highest BCUT2D eigenvalue weighted by Gasteiger charge is 2.72. The van der Waals surface area contributed by atoms with Crippen molar-refractivity contribution in [2.45, 2.75) is 281 Å². The zero-order valence-electron chi connectivity index (χ0n) is 53.6. The summed E-state index contributed by atoms with van der Waals surface area (Å²) >= 11 is 0. The first kappa shape index (κ1) is 62.7. The smallest absolute Gasteiger partial charge is 0.192 e. The zero-order chi connectivity index (χ0) is 58.3. The van der Waals surface area contributed by atoms with Crippen molar-refractivity contribution >= 4 is 20.4 Å². The third-order valence-electron chi connectivity index (χ3n) is 26.1. The van der Waals surface area contributed by atoms with Crippen molar-refractivity contribution < 1.29 is 47.2 Å². The van der Waals surface area contributed by atoms with Gasteiger partial charge in [-0.3, -0.25) is 4.79 Å². The fourth-order valence-electron chi connectivity index (χ4n) is 19.4. The third-order valence-corrected chi connectivity index (χ3v) is 30.7. The summed E-state index contributed by atoms with van der Waals surface area (Å²) in [5, 5.41) is 0. The molecule has 0 aromatic heterocycles. The lowest BCUT2D eigenvalue weighted by Gasteiger charge is -2.72. The lowest BCUT2D eigenvalue weighted by Crippen LogP contribution is -2.68. The number of rotatable bonds is 17. The van der Waals surface area contributed by atoms with E-state index >= 15 is 0 Å². The minimum atomic E-state index is -2.16. The molecule has 11 heteroatoms. The van der Waals surface area contributed by atoms with Gasteiger partial charge in [0.05, 0.1) is 53.6 Å². The van der Waals surface area contributed by atoms with Gasteiger partial charge in [0.25, 0.3) is 0 Å². The molecular weight excluding hydrogens is 1020 g/mol. The van der Waals surface area contributed by atoms with Gasteiger partial charge in [-0.15, -0.1) is 0 Å². The Balaban J connectivity index is 1.10. The predicted octanol–water partition coefficient (Wildman–Crippen LogP) is 15.4. The second kappa shape index (κ2) is 23.5. The number of carbonyl (C=O) groups is 2. The number of Topliss-reactive ketones (excluding diaryl/α,β-unsaturated/α-hetero) is 1. The van der Waals surface area contributed by atoms with Crippen LogP contribution >= 0.6 is 0 Å². The highest BCUT2D eigenvalue weighted by molar-refractivity contribution is 6.73. The van der Waals surface area contributed by atoms with E-state index in [0.29, 0.717) is 36.4 Å². The number of hydrogen-bond donors (Lipinski definition) is 0. The number of ether oxygens (including phenoxy) is 7. The first-order valence-corrected chi connectivity index (χ1v) is 35.1. The highest BCUT2D eigenvalue weighted by Crippen LogP contribution is 2.76. The van der Waals surface area contributed by atoms with Crippen molar-refractivity contribution in [2.24, 2.45) is 85.8 Å². The minimum absolute atomic E-state index is 0.0132. The van der Waals surface area contributed by atoms with Crippen LogP contribution in [0.3, 0.4) is 0 Å². The van der Waals surface area contributed by atoms with E-state index in [1.807, 2.05) is 14.0 Å². The summed E-state index contributed by atoms with van der Waals surface area (Å²) in [6.45, 7) is 41.6. The van der Waals surface area contributed by atoms with E-state index in [1.54, 1.807) is 0 Å². The first-order valence-electron chi connectivity index (χ1n) is 32.6. The standard InChI is InChI=1S/C69H112O10Si/c1-20-52-43(7)44(8)59(79-80(21-2,22-3)23-4)62(74-52)78-60-58(77-61-45(9)41(5)42(6)47(11)73-61)46(10)53(37-49-27-25-24-26-28-49)75-63(60)76-56-32-33-65(15)54(66(56,16)40-70)31-34-67(17)55(65)30-29-50-51-38-64(13,14)35-36-69(51,48(12)71)57(72-19)39-68(50,67)18/h24-29,40-47,51-63H,20-23,30-39H2,1-19H3/t41?,42-,43-,44+,45?,46-,47+,51?,52?,53?,54-,55?,56+,57-,58+,59?,60?,61+,62+,63+,65?,66?,67-,68?,69-/m1/s1. The Morgan fingerprint density at radius 3 is 1.94 bits per heavy atom. The van der Waals surface area contributed by atoms with Crippen LogP contribution in [0.25, 0.3) is 0 Å². The Kier molecular flexibility index (Phi) is 18.4. The van der Waals surface area contributed by atoms with E-state index in [1.165, 1.54) is 17.4 Å². The average molecular weight is 1130 g/mol. The molecular formula is C69H112O10Si. The zero-order valence-corrected chi connectivity index (χ0v) is 54.6. The van der Waals surface area contributed by atoms with Gasteiger partial charge in [-0.25, -0.2) is 0 Å². The Hall–Kier alpha value is -1.80. The quantitative estimate of drug-likeness (QED) is 0.0648. The number of aldehydes is 1. The maximum Gasteiger partial charge on any atom is 0.192 e. The molecule has 9 rings (SSSR count). The van der Waals surface area contributed by atoms with E-state index in [0.717, 1.165) is 75.9 Å². The Labute approximate surface area is 486 Å². The van der Waals surface area contributed by atoms with Crippen LogP contribution in [0.1, 0.15) is 194 Å². The molecule has 1 aromatic rings. The van der Waals surface area contributed by atoms with Crippen LogP contribution in [0.15, 0.2) is 42.0 Å². The number of ketones is 1. The van der Waals surface area contributed by atoms with Crippen LogP contribution < -0.4 is 0 Å². The second-order valence-electron chi connectivity index (χ2n) is 30.0. The maximum absolute atomic E-state index is 14.6.